The van der Waals surface area contributed by atoms with Crippen LogP contribution in [0.5, 0.6) is 0 Å². The van der Waals surface area contributed by atoms with E-state index in [2.05, 4.69) is 4.98 Å². The van der Waals surface area contributed by atoms with Crippen LogP contribution in [0.25, 0.3) is 0 Å². The highest BCUT2D eigenvalue weighted by atomic mass is 32.2. The van der Waals surface area contributed by atoms with Gasteiger partial charge in [0.25, 0.3) is 0 Å². The Labute approximate surface area is 121 Å². The third kappa shape index (κ3) is 3.29. The molecule has 0 saturated carbocycles. The summed E-state index contributed by atoms with van der Waals surface area (Å²) in [7, 11) is -3.97. The predicted octanol–water partition coefficient (Wildman–Crippen LogP) is 1.34. The number of carboxylic acid groups (broad SMARTS) is 1. The van der Waals surface area contributed by atoms with Crippen LogP contribution in [-0.2, 0) is 21.4 Å². The van der Waals surface area contributed by atoms with Crippen molar-refractivity contribution in [1.82, 2.24) is 9.29 Å². The van der Waals surface area contributed by atoms with Crippen LogP contribution in [0.2, 0.25) is 0 Å². The number of pyridine rings is 1. The van der Waals surface area contributed by atoms with Gasteiger partial charge in [-0.3, -0.25) is 9.78 Å². The van der Waals surface area contributed by atoms with Crippen LogP contribution in [0.4, 0.5) is 0 Å². The third-order valence-electron chi connectivity index (χ3n) is 2.95. The minimum atomic E-state index is -3.97. The smallest absolute Gasteiger partial charge is 0.321 e. The Bertz CT molecular complexity index is 697. The molecule has 2 aromatic heterocycles. The standard InChI is InChI=1S/C13H14N2O5S/c1-10(13(16)17)15(8-11-3-2-5-14-7-11)21(18,19)12-4-6-20-9-12/h2-7,9-10H,8H2,1H3,(H,16,17). The number of nitrogens with zero attached hydrogens (tertiary/aromatic N) is 2. The van der Waals surface area contributed by atoms with E-state index in [1.54, 1.807) is 18.3 Å². The van der Waals surface area contributed by atoms with Crippen molar-refractivity contribution < 1.29 is 22.7 Å². The van der Waals surface area contributed by atoms with E-state index < -0.39 is 22.0 Å². The molecule has 0 fully saturated rings. The summed E-state index contributed by atoms with van der Waals surface area (Å²) in [4.78, 5) is 15.0. The van der Waals surface area contributed by atoms with Crippen LogP contribution in [0.3, 0.4) is 0 Å². The van der Waals surface area contributed by atoms with Crippen molar-refractivity contribution in [2.75, 3.05) is 0 Å². The van der Waals surface area contributed by atoms with Gasteiger partial charge in [0.1, 0.15) is 17.2 Å². The van der Waals surface area contributed by atoms with Gasteiger partial charge in [0, 0.05) is 18.9 Å². The molecule has 1 N–H and O–H groups in total. The monoisotopic (exact) mass is 310 g/mol. The van der Waals surface area contributed by atoms with Crippen molar-refractivity contribution in [3.05, 3.63) is 48.7 Å². The van der Waals surface area contributed by atoms with Gasteiger partial charge >= 0.3 is 5.97 Å². The molecule has 2 aromatic rings. The van der Waals surface area contributed by atoms with Gasteiger partial charge in [-0.2, -0.15) is 4.31 Å². The first-order valence-electron chi connectivity index (χ1n) is 6.08. The Kier molecular flexibility index (Phi) is 4.39. The van der Waals surface area contributed by atoms with Crippen molar-refractivity contribution in [2.45, 2.75) is 24.4 Å². The maximum Gasteiger partial charge on any atom is 0.321 e. The lowest BCUT2D eigenvalue weighted by Gasteiger charge is -2.25. The predicted molar refractivity (Wildman–Crippen MR) is 72.8 cm³/mol. The molecule has 0 amide bonds. The number of sulfonamides is 1. The lowest BCUT2D eigenvalue weighted by molar-refractivity contribution is -0.141. The molecule has 8 heteroatoms. The highest BCUT2D eigenvalue weighted by molar-refractivity contribution is 7.89. The minimum Gasteiger partial charge on any atom is -0.480 e. The number of carboxylic acids is 1. The second kappa shape index (κ2) is 6.06. The summed E-state index contributed by atoms with van der Waals surface area (Å²) in [6, 6.07) is 3.40. The first-order chi connectivity index (χ1) is 9.93. The van der Waals surface area contributed by atoms with Gasteiger partial charge in [0.2, 0.25) is 10.0 Å². The van der Waals surface area contributed by atoms with E-state index in [4.69, 9.17) is 9.52 Å². The van der Waals surface area contributed by atoms with Gasteiger partial charge < -0.3 is 9.52 Å². The molecule has 0 aliphatic rings. The SMILES string of the molecule is CC(C(=O)O)N(Cc1cccnc1)S(=O)(=O)c1ccoc1. The van der Waals surface area contributed by atoms with Gasteiger partial charge in [0.15, 0.2) is 0 Å². The molecule has 0 radical (unpaired) electrons. The topological polar surface area (TPSA) is 101 Å². The zero-order valence-electron chi connectivity index (χ0n) is 11.2. The Morgan fingerprint density at radius 1 is 1.48 bits per heavy atom. The van der Waals surface area contributed by atoms with Gasteiger partial charge in [0.05, 0.1) is 6.26 Å². The average molecular weight is 310 g/mol. The Hall–Kier alpha value is -2.19. The highest BCUT2D eigenvalue weighted by Gasteiger charge is 2.33. The van der Waals surface area contributed by atoms with E-state index >= 15 is 0 Å². The number of hydrogen-bond donors (Lipinski definition) is 1. The summed E-state index contributed by atoms with van der Waals surface area (Å²) >= 11 is 0. The summed E-state index contributed by atoms with van der Waals surface area (Å²) in [5.41, 5.74) is 0.595. The first-order valence-corrected chi connectivity index (χ1v) is 7.52. The van der Waals surface area contributed by atoms with E-state index in [9.17, 15) is 13.2 Å². The lowest BCUT2D eigenvalue weighted by Crippen LogP contribution is -2.42. The first kappa shape index (κ1) is 15.2. The number of aromatic nitrogens is 1. The summed E-state index contributed by atoms with van der Waals surface area (Å²) in [5, 5.41) is 9.15. The molecule has 0 bridgehead atoms. The number of carbonyl (C=O) groups is 1. The van der Waals surface area contributed by atoms with E-state index in [0.29, 0.717) is 5.56 Å². The molecule has 0 aliphatic carbocycles. The van der Waals surface area contributed by atoms with E-state index in [1.807, 2.05) is 0 Å². The van der Waals surface area contributed by atoms with E-state index in [-0.39, 0.29) is 11.4 Å². The molecule has 0 saturated heterocycles. The molecular weight excluding hydrogens is 296 g/mol. The van der Waals surface area contributed by atoms with Gasteiger partial charge in [-0.25, -0.2) is 8.42 Å². The maximum absolute atomic E-state index is 12.5. The van der Waals surface area contributed by atoms with Crippen LogP contribution in [0.1, 0.15) is 12.5 Å². The van der Waals surface area contributed by atoms with Crippen molar-refractivity contribution in [3.8, 4) is 0 Å². The van der Waals surface area contributed by atoms with Crippen LogP contribution >= 0.6 is 0 Å². The molecule has 1 atom stereocenters. The molecular formula is C13H14N2O5S. The summed E-state index contributed by atoms with van der Waals surface area (Å²) in [5.74, 6) is -1.23. The molecule has 2 heterocycles. The normalized spacial score (nSPS) is 13.2. The van der Waals surface area contributed by atoms with E-state index in [0.717, 1.165) is 10.6 Å². The molecule has 0 spiro atoms. The summed E-state index contributed by atoms with van der Waals surface area (Å²) in [6.07, 6.45) is 5.34. The summed E-state index contributed by atoms with van der Waals surface area (Å²) < 4.78 is 30.7. The molecule has 0 aliphatic heterocycles. The second-order valence-electron chi connectivity index (χ2n) is 4.38. The number of hydrogen-bond acceptors (Lipinski definition) is 5. The fourth-order valence-electron chi connectivity index (χ4n) is 1.76. The largest absolute Gasteiger partial charge is 0.480 e. The summed E-state index contributed by atoms with van der Waals surface area (Å²) in [6.45, 7) is 1.23. The van der Waals surface area contributed by atoms with Gasteiger partial charge in [-0.05, 0) is 24.6 Å². The Balaban J connectivity index is 2.40. The fraction of sp³-hybridized carbons (Fsp3) is 0.231. The Morgan fingerprint density at radius 3 is 2.76 bits per heavy atom. The van der Waals surface area contributed by atoms with Gasteiger partial charge in [-0.15, -0.1) is 0 Å². The molecule has 0 aromatic carbocycles. The van der Waals surface area contributed by atoms with Crippen LogP contribution in [0, 0.1) is 0 Å². The molecule has 112 valence electrons. The number of furan rings is 1. The fourth-order valence-corrected chi connectivity index (χ4v) is 3.26. The van der Waals surface area contributed by atoms with Crippen LogP contribution < -0.4 is 0 Å². The van der Waals surface area contributed by atoms with Crippen molar-refractivity contribution in [1.29, 1.82) is 0 Å². The van der Waals surface area contributed by atoms with Crippen LogP contribution in [0.15, 0.2) is 52.4 Å². The molecule has 1 unspecified atom stereocenters. The highest BCUT2D eigenvalue weighted by Crippen LogP contribution is 2.21. The maximum atomic E-state index is 12.5. The van der Waals surface area contributed by atoms with Crippen molar-refractivity contribution in [3.63, 3.8) is 0 Å². The minimum absolute atomic E-state index is 0.0838. The van der Waals surface area contributed by atoms with E-state index in [1.165, 1.54) is 25.5 Å². The van der Waals surface area contributed by atoms with Crippen LogP contribution in [-0.4, -0.2) is 34.8 Å². The van der Waals surface area contributed by atoms with Crippen molar-refractivity contribution >= 4 is 16.0 Å². The zero-order chi connectivity index (χ0) is 15.5. The quantitative estimate of drug-likeness (QED) is 0.864. The molecule has 7 nitrogen and oxygen atoms in total. The average Bonchev–Trinajstić information content (AvgIpc) is 3.00. The Morgan fingerprint density at radius 2 is 2.24 bits per heavy atom. The molecule has 21 heavy (non-hydrogen) atoms. The second-order valence-corrected chi connectivity index (χ2v) is 6.28. The number of rotatable bonds is 6. The van der Waals surface area contributed by atoms with Gasteiger partial charge in [-0.1, -0.05) is 6.07 Å². The molecule has 2 rings (SSSR count). The lowest BCUT2D eigenvalue weighted by atomic mass is 10.2. The number of aliphatic carboxylic acids is 1. The third-order valence-corrected chi connectivity index (χ3v) is 4.84. The van der Waals surface area contributed by atoms with Crippen molar-refractivity contribution in [2.24, 2.45) is 0 Å². The zero-order valence-corrected chi connectivity index (χ0v) is 12.0.